The van der Waals surface area contributed by atoms with Crippen molar-refractivity contribution in [2.75, 3.05) is 17.9 Å². The van der Waals surface area contributed by atoms with Crippen LogP contribution in [0.15, 0.2) is 47.4 Å². The van der Waals surface area contributed by atoms with Crippen LogP contribution in [0.2, 0.25) is 0 Å². The van der Waals surface area contributed by atoms with Crippen molar-refractivity contribution < 1.29 is 22.7 Å². The highest BCUT2D eigenvalue weighted by Crippen LogP contribution is 2.52. The lowest BCUT2D eigenvalue weighted by Crippen LogP contribution is -2.39. The highest BCUT2D eigenvalue weighted by atomic mass is 32.2. The Kier molecular flexibility index (Phi) is 6.47. The molecule has 2 atom stereocenters. The van der Waals surface area contributed by atoms with Gasteiger partial charge >= 0.3 is 5.97 Å². The number of sulfonamides is 1. The fourth-order valence-corrected chi connectivity index (χ4v) is 6.96. The van der Waals surface area contributed by atoms with E-state index >= 15 is 0 Å². The van der Waals surface area contributed by atoms with Gasteiger partial charge in [0, 0.05) is 18.3 Å². The monoisotopic (exact) mass is 498 g/mol. The molecule has 1 heterocycles. The minimum atomic E-state index is -3.75. The Balaban J connectivity index is 1.35. The molecular weight excluding hydrogens is 464 g/mol. The number of carbonyl (C=O) groups is 2. The molecule has 2 aromatic carbocycles. The van der Waals surface area contributed by atoms with Gasteiger partial charge in [0.2, 0.25) is 0 Å². The number of hydrogen-bond acceptors (Lipinski definition) is 5. The minimum absolute atomic E-state index is 0.118. The summed E-state index contributed by atoms with van der Waals surface area (Å²) in [6, 6.07) is 11.1. The van der Waals surface area contributed by atoms with Gasteiger partial charge in [-0.3, -0.25) is 9.52 Å². The van der Waals surface area contributed by atoms with Crippen LogP contribution in [0.4, 0.5) is 5.69 Å². The fraction of sp³-hybridized carbons (Fsp3) is 0.481. The maximum absolute atomic E-state index is 12.8. The van der Waals surface area contributed by atoms with E-state index < -0.39 is 16.0 Å². The van der Waals surface area contributed by atoms with Gasteiger partial charge in [-0.2, -0.15) is 0 Å². The van der Waals surface area contributed by atoms with E-state index in [-0.39, 0.29) is 39.8 Å². The zero-order valence-corrected chi connectivity index (χ0v) is 21.9. The zero-order valence-electron chi connectivity index (χ0n) is 21.1. The van der Waals surface area contributed by atoms with Crippen molar-refractivity contribution in [1.82, 2.24) is 4.90 Å². The first-order valence-electron chi connectivity index (χ1n) is 11.9. The Morgan fingerprint density at radius 2 is 1.71 bits per heavy atom. The van der Waals surface area contributed by atoms with Gasteiger partial charge in [0.25, 0.3) is 15.9 Å². The number of ether oxygens (including phenoxy) is 1. The van der Waals surface area contributed by atoms with E-state index in [2.05, 4.69) is 25.5 Å². The van der Waals surface area contributed by atoms with Crippen molar-refractivity contribution in [2.24, 2.45) is 10.8 Å². The van der Waals surface area contributed by atoms with E-state index in [1.165, 1.54) is 24.3 Å². The summed E-state index contributed by atoms with van der Waals surface area (Å²) < 4.78 is 33.2. The van der Waals surface area contributed by atoms with Crippen LogP contribution in [-0.2, 0) is 19.6 Å². The van der Waals surface area contributed by atoms with Crippen LogP contribution in [0.1, 0.15) is 61.5 Å². The molecule has 2 aromatic rings. The second kappa shape index (κ2) is 8.97. The SMILES string of the molecule is Cc1ccc(S(=O)(=O)Nc2ccc(C(=O)OCC(=O)N3C[C@@]4(C)C[C@@H]3CC(C)(C)C4)cc2)cc1C. The van der Waals surface area contributed by atoms with E-state index in [0.717, 1.165) is 30.4 Å². The number of nitrogens with one attached hydrogen (secondary N) is 1. The second-order valence-corrected chi connectivity index (χ2v) is 12.9. The second-order valence-electron chi connectivity index (χ2n) is 11.2. The number of rotatable bonds is 6. The van der Waals surface area contributed by atoms with Crippen molar-refractivity contribution >= 4 is 27.6 Å². The molecule has 35 heavy (non-hydrogen) atoms. The number of hydrogen-bond donors (Lipinski definition) is 1. The van der Waals surface area contributed by atoms with Crippen LogP contribution in [0.5, 0.6) is 0 Å². The van der Waals surface area contributed by atoms with Crippen LogP contribution in [0.3, 0.4) is 0 Å². The molecule has 2 fully saturated rings. The van der Waals surface area contributed by atoms with Gasteiger partial charge in [0.1, 0.15) is 0 Å². The number of esters is 1. The van der Waals surface area contributed by atoms with Gasteiger partial charge in [-0.05, 0) is 91.5 Å². The summed E-state index contributed by atoms with van der Waals surface area (Å²) in [4.78, 5) is 27.4. The molecule has 2 aliphatic rings. The number of likely N-dealkylation sites (tertiary alicyclic amines) is 1. The predicted molar refractivity (Wildman–Crippen MR) is 135 cm³/mol. The van der Waals surface area contributed by atoms with E-state index in [1.54, 1.807) is 18.2 Å². The van der Waals surface area contributed by atoms with Crippen LogP contribution in [-0.4, -0.2) is 44.4 Å². The molecule has 1 aliphatic heterocycles. The molecule has 0 aromatic heterocycles. The molecule has 1 N–H and O–H groups in total. The molecule has 4 rings (SSSR count). The first-order valence-corrected chi connectivity index (χ1v) is 13.4. The summed E-state index contributed by atoms with van der Waals surface area (Å²) in [6.07, 6.45) is 3.04. The number of nitrogens with zero attached hydrogens (tertiary/aromatic N) is 1. The smallest absolute Gasteiger partial charge is 0.338 e. The Bertz CT molecular complexity index is 1250. The van der Waals surface area contributed by atoms with E-state index in [4.69, 9.17) is 4.74 Å². The molecule has 0 unspecified atom stereocenters. The molecule has 0 radical (unpaired) electrons. The van der Waals surface area contributed by atoms with Gasteiger partial charge in [-0.1, -0.05) is 26.8 Å². The average Bonchev–Trinajstić information content (AvgIpc) is 3.02. The Morgan fingerprint density at radius 3 is 2.37 bits per heavy atom. The average molecular weight is 499 g/mol. The van der Waals surface area contributed by atoms with Gasteiger partial charge < -0.3 is 9.64 Å². The molecule has 1 saturated heterocycles. The van der Waals surface area contributed by atoms with Crippen LogP contribution >= 0.6 is 0 Å². The molecule has 8 heteroatoms. The third-order valence-electron chi connectivity index (χ3n) is 7.22. The molecule has 7 nitrogen and oxygen atoms in total. The first kappa shape index (κ1) is 25.2. The first-order chi connectivity index (χ1) is 16.3. The zero-order chi connectivity index (χ0) is 25.6. The number of carbonyl (C=O) groups excluding carboxylic acids is 2. The molecule has 2 bridgehead atoms. The highest BCUT2D eigenvalue weighted by Gasteiger charge is 2.50. The van der Waals surface area contributed by atoms with E-state index in [9.17, 15) is 18.0 Å². The lowest BCUT2D eigenvalue weighted by Gasteiger charge is -2.39. The van der Waals surface area contributed by atoms with Crippen LogP contribution in [0, 0.1) is 24.7 Å². The van der Waals surface area contributed by atoms with Crippen molar-refractivity contribution in [1.29, 1.82) is 0 Å². The Morgan fingerprint density at radius 1 is 1.03 bits per heavy atom. The van der Waals surface area contributed by atoms with Gasteiger partial charge in [0.15, 0.2) is 6.61 Å². The Hall–Kier alpha value is -2.87. The summed E-state index contributed by atoms with van der Waals surface area (Å²) in [5.74, 6) is -0.779. The van der Waals surface area contributed by atoms with Gasteiger partial charge in [0.05, 0.1) is 10.5 Å². The predicted octanol–water partition coefficient (Wildman–Crippen LogP) is 4.69. The summed E-state index contributed by atoms with van der Waals surface area (Å²) in [5.41, 5.74) is 2.79. The van der Waals surface area contributed by atoms with Crippen molar-refractivity contribution in [2.45, 2.75) is 64.8 Å². The van der Waals surface area contributed by atoms with Crippen LogP contribution < -0.4 is 4.72 Å². The maximum atomic E-state index is 12.8. The third-order valence-corrected chi connectivity index (χ3v) is 8.60. The number of fused-ring (bicyclic) bond motifs is 2. The number of amides is 1. The molecule has 1 amide bonds. The number of aryl methyl sites for hydroxylation is 2. The van der Waals surface area contributed by atoms with Crippen molar-refractivity contribution in [3.8, 4) is 0 Å². The summed E-state index contributed by atoms with van der Waals surface area (Å²) in [6.45, 7) is 10.9. The third kappa shape index (κ3) is 5.53. The summed E-state index contributed by atoms with van der Waals surface area (Å²) in [5, 5.41) is 0. The highest BCUT2D eigenvalue weighted by molar-refractivity contribution is 7.92. The molecular formula is C27H34N2O5S. The van der Waals surface area contributed by atoms with Gasteiger partial charge in [-0.25, -0.2) is 13.2 Å². The topological polar surface area (TPSA) is 92.8 Å². The molecule has 1 aliphatic carbocycles. The summed E-state index contributed by atoms with van der Waals surface area (Å²) >= 11 is 0. The minimum Gasteiger partial charge on any atom is -0.452 e. The van der Waals surface area contributed by atoms with Crippen molar-refractivity contribution in [3.05, 3.63) is 59.2 Å². The molecule has 188 valence electrons. The molecule has 1 saturated carbocycles. The largest absolute Gasteiger partial charge is 0.452 e. The molecule has 0 spiro atoms. The van der Waals surface area contributed by atoms with E-state index in [1.807, 2.05) is 18.7 Å². The quantitative estimate of drug-likeness (QED) is 0.584. The van der Waals surface area contributed by atoms with Gasteiger partial charge in [-0.15, -0.1) is 0 Å². The van der Waals surface area contributed by atoms with Crippen molar-refractivity contribution in [3.63, 3.8) is 0 Å². The maximum Gasteiger partial charge on any atom is 0.338 e. The Labute approximate surface area is 207 Å². The lowest BCUT2D eigenvalue weighted by atomic mass is 9.65. The van der Waals surface area contributed by atoms with E-state index in [0.29, 0.717) is 12.2 Å². The summed E-state index contributed by atoms with van der Waals surface area (Å²) in [7, 11) is -3.75. The standard InChI is InChI=1S/C27H34N2O5S/c1-18-6-11-23(12-19(18)2)35(32,33)28-21-9-7-20(8-10-21)25(31)34-15-24(30)29-17-27(5)14-22(29)13-26(3,4)16-27/h6-12,22,28H,13-17H2,1-5H3/t22-,27-/m0/s1. The lowest BCUT2D eigenvalue weighted by molar-refractivity contribution is -0.135. The number of benzene rings is 2. The van der Waals surface area contributed by atoms with Crippen LogP contribution in [0.25, 0.3) is 0 Å². The normalized spacial score (nSPS) is 23.1. The fourth-order valence-electron chi connectivity index (χ4n) is 5.81. The number of anilines is 1.